The second kappa shape index (κ2) is 12.0. The maximum Gasteiger partial charge on any atom is 0.256 e. The van der Waals surface area contributed by atoms with E-state index in [1.54, 1.807) is 42.7 Å². The molecule has 0 aliphatic rings. The molecule has 0 bridgehead atoms. The van der Waals surface area contributed by atoms with E-state index in [-0.39, 0.29) is 17.7 Å². The monoisotopic (exact) mass is 541 g/mol. The summed E-state index contributed by atoms with van der Waals surface area (Å²) in [5.41, 5.74) is 4.23. The number of hydrogen-bond donors (Lipinski definition) is 3. The molecule has 202 valence electrons. The number of carbonyl (C=O) groups excluding carboxylic acids is 3. The van der Waals surface area contributed by atoms with Crippen LogP contribution < -0.4 is 16.0 Å². The molecule has 0 saturated carbocycles. The van der Waals surface area contributed by atoms with Gasteiger partial charge in [-0.3, -0.25) is 14.4 Å². The van der Waals surface area contributed by atoms with Gasteiger partial charge >= 0.3 is 0 Å². The van der Waals surface area contributed by atoms with E-state index >= 15 is 0 Å². The Hall–Kier alpha value is -5.63. The zero-order chi connectivity index (χ0) is 28.8. The molecule has 0 radical (unpaired) electrons. The number of carbonyl (C=O) groups is 3. The third-order valence-corrected chi connectivity index (χ3v) is 6.46. The molecule has 0 unspecified atom stereocenters. The van der Waals surface area contributed by atoms with Crippen molar-refractivity contribution in [2.24, 2.45) is 0 Å². The van der Waals surface area contributed by atoms with Gasteiger partial charge in [-0.1, -0.05) is 55.1 Å². The van der Waals surface area contributed by atoms with Crippen LogP contribution in [0.4, 0.5) is 17.1 Å². The number of hydrogen-bond acceptors (Lipinski definition) is 5. The van der Waals surface area contributed by atoms with Gasteiger partial charge < -0.3 is 16.0 Å². The van der Waals surface area contributed by atoms with Gasteiger partial charge in [0.05, 0.1) is 18.1 Å². The van der Waals surface area contributed by atoms with Crippen LogP contribution in [-0.4, -0.2) is 27.7 Å². The van der Waals surface area contributed by atoms with Crippen LogP contribution in [-0.2, 0) is 11.2 Å². The molecular formula is C33H27N5O3. The van der Waals surface area contributed by atoms with Crippen LogP contribution in [0.5, 0.6) is 0 Å². The van der Waals surface area contributed by atoms with Crippen molar-refractivity contribution in [3.8, 4) is 0 Å². The van der Waals surface area contributed by atoms with Gasteiger partial charge in [-0.05, 0) is 71.3 Å². The predicted octanol–water partition coefficient (Wildman–Crippen LogP) is 6.16. The smallest absolute Gasteiger partial charge is 0.256 e. The van der Waals surface area contributed by atoms with E-state index in [9.17, 15) is 14.4 Å². The van der Waals surface area contributed by atoms with E-state index < -0.39 is 0 Å². The lowest BCUT2D eigenvalue weighted by Gasteiger charge is -2.11. The lowest BCUT2D eigenvalue weighted by atomic mass is 10.1. The minimum absolute atomic E-state index is 0.261. The second-order valence-corrected chi connectivity index (χ2v) is 9.46. The Balaban J connectivity index is 1.24. The van der Waals surface area contributed by atoms with Gasteiger partial charge in [0.1, 0.15) is 5.82 Å². The summed E-state index contributed by atoms with van der Waals surface area (Å²) in [5, 5.41) is 10.5. The third-order valence-electron chi connectivity index (χ3n) is 6.46. The largest absolute Gasteiger partial charge is 0.323 e. The maximum absolute atomic E-state index is 13.1. The highest BCUT2D eigenvalue weighted by Crippen LogP contribution is 2.20. The van der Waals surface area contributed by atoms with Gasteiger partial charge in [0.15, 0.2) is 0 Å². The summed E-state index contributed by atoms with van der Waals surface area (Å²) in [6.45, 7) is 5.28. The van der Waals surface area contributed by atoms with Crippen molar-refractivity contribution >= 4 is 45.6 Å². The summed E-state index contributed by atoms with van der Waals surface area (Å²) in [5.74, 6) is -0.328. The van der Waals surface area contributed by atoms with Gasteiger partial charge in [-0.25, -0.2) is 9.97 Å². The molecule has 8 nitrogen and oxygen atoms in total. The van der Waals surface area contributed by atoms with Crippen LogP contribution in [0.1, 0.15) is 37.7 Å². The average Bonchev–Trinajstić information content (AvgIpc) is 2.99. The van der Waals surface area contributed by atoms with E-state index in [0.717, 1.165) is 21.9 Å². The van der Waals surface area contributed by atoms with Gasteiger partial charge in [0.25, 0.3) is 11.8 Å². The Morgan fingerprint density at radius 1 is 0.732 bits per heavy atom. The van der Waals surface area contributed by atoms with E-state index in [1.165, 1.54) is 6.08 Å². The number of nitrogens with one attached hydrogen (secondary N) is 3. The molecule has 1 heterocycles. The Morgan fingerprint density at radius 3 is 2.24 bits per heavy atom. The zero-order valence-corrected chi connectivity index (χ0v) is 22.3. The maximum atomic E-state index is 13.1. The summed E-state index contributed by atoms with van der Waals surface area (Å²) >= 11 is 0. The molecule has 5 aromatic rings. The number of amides is 3. The number of fused-ring (bicyclic) bond motifs is 1. The summed E-state index contributed by atoms with van der Waals surface area (Å²) in [7, 11) is 0. The molecule has 4 aromatic carbocycles. The van der Waals surface area contributed by atoms with Crippen LogP contribution in [0.3, 0.4) is 0 Å². The third kappa shape index (κ3) is 6.69. The quantitative estimate of drug-likeness (QED) is 0.204. The van der Waals surface area contributed by atoms with Crippen molar-refractivity contribution in [3.05, 3.63) is 138 Å². The van der Waals surface area contributed by atoms with Gasteiger partial charge in [-0.15, -0.1) is 0 Å². The molecule has 0 spiro atoms. The van der Waals surface area contributed by atoms with Crippen molar-refractivity contribution in [2.75, 3.05) is 16.0 Å². The van der Waals surface area contributed by atoms with Crippen molar-refractivity contribution in [2.45, 2.75) is 13.3 Å². The highest BCUT2D eigenvalue weighted by atomic mass is 16.2. The lowest BCUT2D eigenvalue weighted by Crippen LogP contribution is -2.16. The molecule has 0 saturated heterocycles. The van der Waals surface area contributed by atoms with Crippen LogP contribution >= 0.6 is 0 Å². The molecule has 3 N–H and O–H groups in total. The summed E-state index contributed by atoms with van der Waals surface area (Å²) in [4.78, 5) is 46.3. The van der Waals surface area contributed by atoms with Gasteiger partial charge in [-0.2, -0.15) is 0 Å². The molecule has 1 aromatic heterocycles. The fourth-order valence-electron chi connectivity index (χ4n) is 4.32. The van der Waals surface area contributed by atoms with Crippen molar-refractivity contribution in [1.82, 2.24) is 9.97 Å². The fourth-order valence-corrected chi connectivity index (χ4v) is 4.32. The molecule has 0 atom stereocenters. The van der Waals surface area contributed by atoms with E-state index in [2.05, 4.69) is 32.5 Å². The molecular weight excluding hydrogens is 514 g/mol. The summed E-state index contributed by atoms with van der Waals surface area (Å²) in [6, 6.07) is 25.9. The van der Waals surface area contributed by atoms with E-state index in [0.29, 0.717) is 40.4 Å². The number of anilines is 3. The van der Waals surface area contributed by atoms with Crippen molar-refractivity contribution < 1.29 is 14.4 Å². The Kier molecular flexibility index (Phi) is 7.92. The SMILES string of the molecule is C=CC(=O)Nc1cccc(Cc2ncc(NC(=O)c3cc(NC(=O)c4ccc5ccccc5c4)ccc3C)cn2)c1. The molecule has 0 fully saturated rings. The molecule has 41 heavy (non-hydrogen) atoms. The Bertz CT molecular complexity index is 1780. The summed E-state index contributed by atoms with van der Waals surface area (Å²) < 4.78 is 0. The Labute approximate surface area is 237 Å². The molecule has 3 amide bonds. The van der Waals surface area contributed by atoms with E-state index in [4.69, 9.17) is 0 Å². The number of benzene rings is 4. The molecule has 0 aliphatic heterocycles. The average molecular weight is 542 g/mol. The highest BCUT2D eigenvalue weighted by molar-refractivity contribution is 6.09. The minimum Gasteiger partial charge on any atom is -0.323 e. The number of nitrogens with zero attached hydrogens (tertiary/aromatic N) is 2. The second-order valence-electron chi connectivity index (χ2n) is 9.46. The molecule has 0 aliphatic carbocycles. The first-order chi connectivity index (χ1) is 19.9. The van der Waals surface area contributed by atoms with Gasteiger partial charge in [0, 0.05) is 28.9 Å². The first kappa shape index (κ1) is 27.0. The number of aromatic nitrogens is 2. The van der Waals surface area contributed by atoms with Crippen LogP contribution in [0.25, 0.3) is 10.8 Å². The zero-order valence-electron chi connectivity index (χ0n) is 22.3. The van der Waals surface area contributed by atoms with Crippen molar-refractivity contribution in [1.29, 1.82) is 0 Å². The summed E-state index contributed by atoms with van der Waals surface area (Å²) in [6.07, 6.45) is 4.75. The van der Waals surface area contributed by atoms with Crippen LogP contribution in [0, 0.1) is 6.92 Å². The van der Waals surface area contributed by atoms with Crippen LogP contribution in [0.2, 0.25) is 0 Å². The Morgan fingerprint density at radius 2 is 1.46 bits per heavy atom. The highest BCUT2D eigenvalue weighted by Gasteiger charge is 2.14. The minimum atomic E-state index is -0.341. The molecule has 5 rings (SSSR count). The van der Waals surface area contributed by atoms with E-state index in [1.807, 2.05) is 61.5 Å². The number of rotatable bonds is 8. The standard InChI is InChI=1S/C33H27N5O3/c1-3-31(39)36-26-10-6-7-22(15-26)16-30-34-19-28(20-35-30)38-33(41)29-18-27(14-11-21(29)2)37-32(40)25-13-12-23-8-4-5-9-24(23)17-25/h3-15,17-20H,1,16H2,2H3,(H,36,39)(H,37,40)(H,38,41). The normalized spacial score (nSPS) is 10.6. The first-order valence-corrected chi connectivity index (χ1v) is 12.9. The molecule has 8 heteroatoms. The predicted molar refractivity (Wildman–Crippen MR) is 161 cm³/mol. The first-order valence-electron chi connectivity index (χ1n) is 12.9. The fraction of sp³-hybridized carbons (Fsp3) is 0.0606. The lowest BCUT2D eigenvalue weighted by molar-refractivity contribution is -0.111. The van der Waals surface area contributed by atoms with Gasteiger partial charge in [0.2, 0.25) is 5.91 Å². The van der Waals surface area contributed by atoms with Crippen LogP contribution in [0.15, 0.2) is 110 Å². The topological polar surface area (TPSA) is 113 Å². The number of aryl methyl sites for hydroxylation is 1. The van der Waals surface area contributed by atoms with Crippen molar-refractivity contribution in [3.63, 3.8) is 0 Å².